The maximum atomic E-state index is 6.57. The van der Waals surface area contributed by atoms with Crippen molar-refractivity contribution in [1.82, 2.24) is 14.6 Å². The van der Waals surface area contributed by atoms with Crippen LogP contribution in [0.5, 0.6) is 5.75 Å². The molecular weight excluding hydrogens is 411 g/mol. The van der Waals surface area contributed by atoms with E-state index >= 15 is 0 Å². The number of nitrogens with zero attached hydrogens (tertiary/aromatic N) is 3. The Morgan fingerprint density at radius 2 is 2.03 bits per heavy atom. The third kappa shape index (κ3) is 3.77. The second-order valence-electron chi connectivity index (χ2n) is 7.08. The first-order chi connectivity index (χ1) is 13.6. The molecule has 8 heteroatoms. The Morgan fingerprint density at radius 1 is 1.28 bits per heavy atom. The average Bonchev–Trinajstić information content (AvgIpc) is 3.29. The Hall–Kier alpha value is -2.02. The number of fused-ring (bicyclic) bond motifs is 2. The summed E-state index contributed by atoms with van der Waals surface area (Å²) in [7, 11) is 1.63. The van der Waals surface area contributed by atoms with E-state index in [-0.39, 0.29) is 12.4 Å². The quantitative estimate of drug-likeness (QED) is 0.558. The molecule has 1 N–H and O–H groups in total. The molecule has 0 fully saturated rings. The van der Waals surface area contributed by atoms with Crippen molar-refractivity contribution in [3.05, 3.63) is 40.2 Å². The van der Waals surface area contributed by atoms with E-state index < -0.39 is 0 Å². The molecule has 1 aromatic carbocycles. The molecule has 0 bridgehead atoms. The topological polar surface area (TPSA) is 60.7 Å². The lowest BCUT2D eigenvalue weighted by molar-refractivity contribution is 0.133. The zero-order valence-electron chi connectivity index (χ0n) is 17.1. The standard InChI is InChI=1S/C21H25ClN4O2.ClH/c1-5-13(6-2)23-20-16-10-28-11-18(16)24-21-19(12(3)25-26(20)21)15-8-7-14(27-4)9-17(15)22;/h7-9,13,23H,5-6,10-11H2,1-4H3;1H. The lowest BCUT2D eigenvalue weighted by atomic mass is 10.1. The van der Waals surface area contributed by atoms with Crippen LogP contribution in [-0.2, 0) is 18.0 Å². The number of aryl methyl sites for hydroxylation is 1. The van der Waals surface area contributed by atoms with Gasteiger partial charge in [0.05, 0.1) is 42.3 Å². The number of benzene rings is 1. The van der Waals surface area contributed by atoms with Crippen LogP contribution >= 0.6 is 24.0 Å². The number of ether oxygens (including phenoxy) is 2. The molecule has 1 aliphatic rings. The van der Waals surface area contributed by atoms with Crippen molar-refractivity contribution in [3.63, 3.8) is 0 Å². The van der Waals surface area contributed by atoms with Gasteiger partial charge in [-0.05, 0) is 38.0 Å². The van der Waals surface area contributed by atoms with Gasteiger partial charge in [-0.3, -0.25) is 0 Å². The van der Waals surface area contributed by atoms with Crippen LogP contribution in [0.15, 0.2) is 18.2 Å². The molecule has 2 aromatic heterocycles. The minimum absolute atomic E-state index is 0. The molecule has 29 heavy (non-hydrogen) atoms. The molecule has 3 heterocycles. The first-order valence-electron chi connectivity index (χ1n) is 9.66. The summed E-state index contributed by atoms with van der Waals surface area (Å²) >= 11 is 6.57. The maximum absolute atomic E-state index is 6.57. The fraction of sp³-hybridized carbons (Fsp3) is 0.429. The summed E-state index contributed by atoms with van der Waals surface area (Å²) in [6, 6.07) is 6.06. The van der Waals surface area contributed by atoms with Gasteiger partial charge in [-0.2, -0.15) is 9.61 Å². The summed E-state index contributed by atoms with van der Waals surface area (Å²) in [6.07, 6.45) is 2.07. The molecule has 156 valence electrons. The highest BCUT2D eigenvalue weighted by Crippen LogP contribution is 2.38. The smallest absolute Gasteiger partial charge is 0.165 e. The molecule has 0 saturated heterocycles. The fourth-order valence-electron chi connectivity index (χ4n) is 3.73. The fourth-order valence-corrected chi connectivity index (χ4v) is 4.00. The van der Waals surface area contributed by atoms with Crippen LogP contribution in [0.4, 0.5) is 5.82 Å². The molecule has 6 nitrogen and oxygen atoms in total. The van der Waals surface area contributed by atoms with Crippen molar-refractivity contribution in [2.24, 2.45) is 0 Å². The second-order valence-corrected chi connectivity index (χ2v) is 7.49. The van der Waals surface area contributed by atoms with Crippen molar-refractivity contribution in [3.8, 4) is 16.9 Å². The normalized spacial score (nSPS) is 12.9. The molecule has 4 rings (SSSR count). The minimum atomic E-state index is 0. The van der Waals surface area contributed by atoms with E-state index in [2.05, 4.69) is 19.2 Å². The third-order valence-electron chi connectivity index (χ3n) is 5.38. The molecule has 0 aliphatic carbocycles. The van der Waals surface area contributed by atoms with E-state index in [1.165, 1.54) is 0 Å². The largest absolute Gasteiger partial charge is 0.497 e. The molecular formula is C21H26Cl2N4O2. The van der Waals surface area contributed by atoms with Crippen LogP contribution in [0.25, 0.3) is 16.8 Å². The van der Waals surface area contributed by atoms with Gasteiger partial charge >= 0.3 is 0 Å². The number of methoxy groups -OCH3 is 1. The second kappa shape index (κ2) is 8.78. The van der Waals surface area contributed by atoms with Gasteiger partial charge in [0.25, 0.3) is 0 Å². The van der Waals surface area contributed by atoms with Gasteiger partial charge in [0, 0.05) is 17.2 Å². The summed E-state index contributed by atoms with van der Waals surface area (Å²) < 4.78 is 12.9. The maximum Gasteiger partial charge on any atom is 0.165 e. The molecule has 0 unspecified atom stereocenters. The Labute approximate surface area is 182 Å². The number of anilines is 1. The molecule has 0 radical (unpaired) electrons. The zero-order chi connectivity index (χ0) is 19.8. The van der Waals surface area contributed by atoms with Crippen LogP contribution in [0.3, 0.4) is 0 Å². The Bertz CT molecular complexity index is 1030. The predicted molar refractivity (Wildman–Crippen MR) is 118 cm³/mol. The monoisotopic (exact) mass is 436 g/mol. The van der Waals surface area contributed by atoms with Gasteiger partial charge in [0.15, 0.2) is 5.65 Å². The molecule has 0 atom stereocenters. The van der Waals surface area contributed by atoms with Crippen LogP contribution in [0.2, 0.25) is 5.02 Å². The van der Waals surface area contributed by atoms with Gasteiger partial charge < -0.3 is 14.8 Å². The van der Waals surface area contributed by atoms with Crippen molar-refractivity contribution in [1.29, 1.82) is 0 Å². The third-order valence-corrected chi connectivity index (χ3v) is 5.69. The zero-order valence-corrected chi connectivity index (χ0v) is 18.7. The highest BCUT2D eigenvalue weighted by Gasteiger charge is 2.26. The Balaban J connectivity index is 0.00000240. The number of hydrogen-bond donors (Lipinski definition) is 1. The summed E-state index contributed by atoms with van der Waals surface area (Å²) in [5.41, 5.74) is 5.57. The number of rotatable bonds is 6. The highest BCUT2D eigenvalue weighted by molar-refractivity contribution is 6.33. The van der Waals surface area contributed by atoms with Crippen molar-refractivity contribution >= 4 is 35.5 Å². The number of nitrogens with one attached hydrogen (secondary N) is 1. The molecule has 1 aliphatic heterocycles. The lowest BCUT2D eigenvalue weighted by Gasteiger charge is -2.19. The minimum Gasteiger partial charge on any atom is -0.497 e. The van der Waals surface area contributed by atoms with Gasteiger partial charge in [-0.1, -0.05) is 25.4 Å². The van der Waals surface area contributed by atoms with Gasteiger partial charge in [-0.25, -0.2) is 4.98 Å². The van der Waals surface area contributed by atoms with Crippen LogP contribution in [0.1, 0.15) is 43.6 Å². The number of halogens is 2. The molecule has 0 spiro atoms. The van der Waals surface area contributed by atoms with E-state index in [9.17, 15) is 0 Å². The van der Waals surface area contributed by atoms with Crippen molar-refractivity contribution < 1.29 is 9.47 Å². The molecule has 3 aromatic rings. The van der Waals surface area contributed by atoms with Gasteiger partial charge in [0.2, 0.25) is 0 Å². The first kappa shape index (κ1) is 21.7. The van der Waals surface area contributed by atoms with Gasteiger partial charge in [-0.15, -0.1) is 12.4 Å². The lowest BCUT2D eigenvalue weighted by Crippen LogP contribution is -2.21. The highest BCUT2D eigenvalue weighted by atomic mass is 35.5. The van der Waals surface area contributed by atoms with Crippen LogP contribution in [-0.4, -0.2) is 27.7 Å². The van der Waals surface area contributed by atoms with Crippen molar-refractivity contribution in [2.45, 2.75) is 52.9 Å². The average molecular weight is 437 g/mol. The van der Waals surface area contributed by atoms with E-state index in [0.717, 1.165) is 58.1 Å². The first-order valence-corrected chi connectivity index (χ1v) is 10.0. The number of aromatic nitrogens is 3. The Kier molecular flexibility index (Phi) is 6.56. The summed E-state index contributed by atoms with van der Waals surface area (Å²) in [5.74, 6) is 1.70. The van der Waals surface area contributed by atoms with Crippen LogP contribution in [0, 0.1) is 6.92 Å². The summed E-state index contributed by atoms with van der Waals surface area (Å²) in [5, 5.41) is 9.11. The van der Waals surface area contributed by atoms with E-state index in [1.54, 1.807) is 7.11 Å². The summed E-state index contributed by atoms with van der Waals surface area (Å²) in [6.45, 7) is 7.44. The van der Waals surface area contributed by atoms with Crippen molar-refractivity contribution in [2.75, 3.05) is 12.4 Å². The summed E-state index contributed by atoms with van der Waals surface area (Å²) in [4.78, 5) is 4.90. The van der Waals surface area contributed by atoms with Crippen LogP contribution < -0.4 is 10.1 Å². The molecule has 0 saturated carbocycles. The van der Waals surface area contributed by atoms with E-state index in [4.69, 9.17) is 31.2 Å². The Morgan fingerprint density at radius 3 is 2.69 bits per heavy atom. The predicted octanol–water partition coefficient (Wildman–Crippen LogP) is 5.42. The number of hydrogen-bond acceptors (Lipinski definition) is 5. The SMILES string of the molecule is CCC(CC)Nc1c2c(nc3c(-c4ccc(OC)cc4Cl)c(C)nn13)COC2.Cl. The van der Waals surface area contributed by atoms with E-state index in [0.29, 0.717) is 24.3 Å². The van der Waals surface area contributed by atoms with E-state index in [1.807, 2.05) is 29.6 Å². The van der Waals surface area contributed by atoms with Gasteiger partial charge in [0.1, 0.15) is 11.6 Å². The molecule has 0 amide bonds.